The second kappa shape index (κ2) is 7.74. The molecule has 2 aromatic carbocycles. The summed E-state index contributed by atoms with van der Waals surface area (Å²) in [6.45, 7) is 1.33. The first-order valence-electron chi connectivity index (χ1n) is 7.08. The standard InChI is InChI=1S/C18H17NO2.ClH/c20-12-13-21-16-8-5-14(6-9-16)4-7-15-2-1-3-18-17(15)10-11-19-18;/h1-3,5-6,8-9,19-20H,10-13H2;1H. The van der Waals surface area contributed by atoms with Gasteiger partial charge in [0.1, 0.15) is 12.4 Å². The number of nitrogens with one attached hydrogen (secondary N) is 1. The van der Waals surface area contributed by atoms with Gasteiger partial charge < -0.3 is 15.2 Å². The first-order chi connectivity index (χ1) is 10.4. The van der Waals surface area contributed by atoms with Crippen molar-refractivity contribution in [1.82, 2.24) is 0 Å². The molecule has 0 spiro atoms. The van der Waals surface area contributed by atoms with Crippen LogP contribution in [-0.2, 0) is 6.42 Å². The van der Waals surface area contributed by atoms with E-state index in [1.54, 1.807) is 0 Å². The van der Waals surface area contributed by atoms with Gasteiger partial charge in [-0.3, -0.25) is 0 Å². The minimum atomic E-state index is 0. The summed E-state index contributed by atoms with van der Waals surface area (Å²) in [6.07, 6.45) is 1.04. The number of fused-ring (bicyclic) bond motifs is 1. The van der Waals surface area contributed by atoms with Gasteiger partial charge in [0, 0.05) is 23.4 Å². The highest BCUT2D eigenvalue weighted by Crippen LogP contribution is 2.24. The Morgan fingerprint density at radius 3 is 2.68 bits per heavy atom. The zero-order chi connectivity index (χ0) is 14.5. The van der Waals surface area contributed by atoms with Gasteiger partial charge in [0.25, 0.3) is 0 Å². The maximum Gasteiger partial charge on any atom is 0.119 e. The van der Waals surface area contributed by atoms with Gasteiger partial charge in [0.2, 0.25) is 0 Å². The lowest BCUT2D eigenvalue weighted by Crippen LogP contribution is -2.01. The molecule has 0 saturated carbocycles. The minimum Gasteiger partial charge on any atom is -0.491 e. The Bertz CT molecular complexity index is 686. The average Bonchev–Trinajstić information content (AvgIpc) is 3.01. The van der Waals surface area contributed by atoms with Gasteiger partial charge in [-0.25, -0.2) is 0 Å². The molecule has 22 heavy (non-hydrogen) atoms. The van der Waals surface area contributed by atoms with Crippen molar-refractivity contribution in [2.24, 2.45) is 0 Å². The number of aliphatic hydroxyl groups is 1. The van der Waals surface area contributed by atoms with Crippen molar-refractivity contribution in [2.45, 2.75) is 6.42 Å². The van der Waals surface area contributed by atoms with Crippen molar-refractivity contribution in [1.29, 1.82) is 0 Å². The number of aliphatic hydroxyl groups excluding tert-OH is 1. The number of ether oxygens (including phenoxy) is 1. The van der Waals surface area contributed by atoms with Crippen LogP contribution in [0.3, 0.4) is 0 Å². The number of hydrogen-bond acceptors (Lipinski definition) is 3. The molecule has 3 nitrogen and oxygen atoms in total. The van der Waals surface area contributed by atoms with E-state index in [0.29, 0.717) is 6.61 Å². The molecule has 0 bridgehead atoms. The van der Waals surface area contributed by atoms with Crippen molar-refractivity contribution in [3.8, 4) is 17.6 Å². The largest absolute Gasteiger partial charge is 0.491 e. The molecule has 3 rings (SSSR count). The van der Waals surface area contributed by atoms with Crippen molar-refractivity contribution >= 4 is 18.1 Å². The Kier molecular flexibility index (Phi) is 5.71. The third-order valence-electron chi connectivity index (χ3n) is 3.42. The third-order valence-corrected chi connectivity index (χ3v) is 3.42. The predicted octanol–water partition coefficient (Wildman–Crippen LogP) is 2.85. The SMILES string of the molecule is Cl.OCCOc1ccc(C#Cc2cccc3c2CCN3)cc1. The van der Waals surface area contributed by atoms with E-state index in [1.807, 2.05) is 30.3 Å². The summed E-state index contributed by atoms with van der Waals surface area (Å²) < 4.78 is 5.33. The van der Waals surface area contributed by atoms with E-state index >= 15 is 0 Å². The molecule has 0 fully saturated rings. The number of halogens is 1. The molecule has 0 amide bonds. The molecule has 114 valence electrons. The predicted molar refractivity (Wildman–Crippen MR) is 90.9 cm³/mol. The molecule has 2 N–H and O–H groups in total. The fourth-order valence-electron chi connectivity index (χ4n) is 2.40. The number of hydrogen-bond donors (Lipinski definition) is 2. The summed E-state index contributed by atoms with van der Waals surface area (Å²) in [4.78, 5) is 0. The van der Waals surface area contributed by atoms with Gasteiger partial charge in [0.15, 0.2) is 0 Å². The van der Waals surface area contributed by atoms with Crippen molar-refractivity contribution in [2.75, 3.05) is 25.1 Å². The topological polar surface area (TPSA) is 41.5 Å². The summed E-state index contributed by atoms with van der Waals surface area (Å²) in [5.41, 5.74) is 4.57. The van der Waals surface area contributed by atoms with E-state index in [0.717, 1.165) is 29.8 Å². The van der Waals surface area contributed by atoms with Gasteiger partial charge in [-0.1, -0.05) is 17.9 Å². The van der Waals surface area contributed by atoms with Crippen LogP contribution >= 0.6 is 12.4 Å². The Morgan fingerprint density at radius 2 is 1.91 bits per heavy atom. The number of benzene rings is 2. The molecule has 0 aromatic heterocycles. The number of rotatable bonds is 3. The first-order valence-corrected chi connectivity index (χ1v) is 7.08. The smallest absolute Gasteiger partial charge is 0.119 e. The molecule has 1 heterocycles. The highest BCUT2D eigenvalue weighted by molar-refractivity contribution is 5.85. The van der Waals surface area contributed by atoms with Crippen molar-refractivity contribution in [3.63, 3.8) is 0 Å². The van der Waals surface area contributed by atoms with Crippen LogP contribution in [0.25, 0.3) is 0 Å². The van der Waals surface area contributed by atoms with Crippen LogP contribution in [-0.4, -0.2) is 24.9 Å². The van der Waals surface area contributed by atoms with Crippen LogP contribution in [0.4, 0.5) is 5.69 Å². The minimum absolute atomic E-state index is 0. The molecule has 4 heteroatoms. The Balaban J connectivity index is 0.00000176. The summed E-state index contributed by atoms with van der Waals surface area (Å²) in [5.74, 6) is 7.19. The Morgan fingerprint density at radius 1 is 1.09 bits per heavy atom. The Hall–Kier alpha value is -2.15. The normalized spacial score (nSPS) is 11.5. The van der Waals surface area contributed by atoms with E-state index in [4.69, 9.17) is 9.84 Å². The molecule has 1 aliphatic rings. The Labute approximate surface area is 136 Å². The molecule has 0 aliphatic carbocycles. The molecular weight excluding hydrogens is 298 g/mol. The van der Waals surface area contributed by atoms with Crippen LogP contribution in [0, 0.1) is 11.8 Å². The summed E-state index contributed by atoms with van der Waals surface area (Å²) in [6, 6.07) is 13.8. The molecule has 0 unspecified atom stereocenters. The molecule has 0 atom stereocenters. The molecular formula is C18H18ClNO2. The zero-order valence-corrected chi connectivity index (χ0v) is 13.0. The third kappa shape index (κ3) is 3.73. The number of anilines is 1. The highest BCUT2D eigenvalue weighted by Gasteiger charge is 2.11. The lowest BCUT2D eigenvalue weighted by atomic mass is 10.0. The van der Waals surface area contributed by atoms with E-state index in [-0.39, 0.29) is 19.0 Å². The van der Waals surface area contributed by atoms with E-state index in [9.17, 15) is 0 Å². The second-order valence-electron chi connectivity index (χ2n) is 4.85. The quantitative estimate of drug-likeness (QED) is 0.856. The van der Waals surface area contributed by atoms with Gasteiger partial charge >= 0.3 is 0 Å². The van der Waals surface area contributed by atoms with Crippen molar-refractivity contribution in [3.05, 3.63) is 59.2 Å². The lowest BCUT2D eigenvalue weighted by molar-refractivity contribution is 0.201. The van der Waals surface area contributed by atoms with E-state index in [1.165, 1.54) is 11.3 Å². The summed E-state index contributed by atoms with van der Waals surface area (Å²) >= 11 is 0. The van der Waals surface area contributed by atoms with Gasteiger partial charge in [-0.2, -0.15) is 0 Å². The van der Waals surface area contributed by atoms with Crippen LogP contribution in [0.2, 0.25) is 0 Å². The maximum atomic E-state index is 8.72. The molecule has 0 radical (unpaired) electrons. The maximum absolute atomic E-state index is 8.72. The van der Waals surface area contributed by atoms with Crippen LogP contribution in [0.1, 0.15) is 16.7 Å². The van der Waals surface area contributed by atoms with Crippen LogP contribution in [0.5, 0.6) is 5.75 Å². The van der Waals surface area contributed by atoms with Gasteiger partial charge in [-0.05, 0) is 48.4 Å². The fraction of sp³-hybridized carbons (Fsp3) is 0.222. The van der Waals surface area contributed by atoms with Gasteiger partial charge in [-0.15, -0.1) is 12.4 Å². The van der Waals surface area contributed by atoms with Gasteiger partial charge in [0.05, 0.1) is 6.61 Å². The fourth-order valence-corrected chi connectivity index (χ4v) is 2.40. The first kappa shape index (κ1) is 16.2. The zero-order valence-electron chi connectivity index (χ0n) is 12.1. The summed E-state index contributed by atoms with van der Waals surface area (Å²) in [7, 11) is 0. The van der Waals surface area contributed by atoms with E-state index in [2.05, 4.69) is 29.3 Å². The lowest BCUT2D eigenvalue weighted by Gasteiger charge is -2.03. The van der Waals surface area contributed by atoms with Crippen LogP contribution < -0.4 is 10.1 Å². The molecule has 0 saturated heterocycles. The highest BCUT2D eigenvalue weighted by atomic mass is 35.5. The molecule has 1 aliphatic heterocycles. The average molecular weight is 316 g/mol. The second-order valence-corrected chi connectivity index (χ2v) is 4.85. The van der Waals surface area contributed by atoms with E-state index < -0.39 is 0 Å². The summed E-state index contributed by atoms with van der Waals surface area (Å²) in [5, 5.41) is 12.1. The molecule has 2 aromatic rings. The van der Waals surface area contributed by atoms with Crippen molar-refractivity contribution < 1.29 is 9.84 Å². The van der Waals surface area contributed by atoms with Crippen LogP contribution in [0.15, 0.2) is 42.5 Å². The monoisotopic (exact) mass is 315 g/mol.